The SMILES string of the molecule is C#C.CC.CC1CCCCC1.CCCCC.CNc1cc(C#CC(C)(C)C)sc1C=O. The molecule has 0 aromatic carbocycles. The molecule has 2 nitrogen and oxygen atoms in total. The van der Waals surface area contributed by atoms with Crippen molar-refractivity contribution in [1.29, 1.82) is 0 Å². The zero-order chi connectivity index (χ0) is 24.7. The van der Waals surface area contributed by atoms with Gasteiger partial charge in [0.05, 0.1) is 15.4 Å². The highest BCUT2D eigenvalue weighted by atomic mass is 32.1. The maximum atomic E-state index is 10.7. The second-order valence-electron chi connectivity index (χ2n) is 8.35. The molecule has 0 unspecified atom stereocenters. The Morgan fingerprint density at radius 1 is 1.13 bits per heavy atom. The molecule has 1 N–H and O–H groups in total. The topological polar surface area (TPSA) is 29.1 Å². The number of hydrogen-bond acceptors (Lipinski definition) is 3. The molecule has 1 saturated carbocycles. The minimum absolute atomic E-state index is 0.00879. The van der Waals surface area contributed by atoms with Crippen molar-refractivity contribution in [1.82, 2.24) is 0 Å². The Balaban J connectivity index is -0.000000407. The van der Waals surface area contributed by atoms with Gasteiger partial charge in [0.1, 0.15) is 0 Å². The third-order valence-corrected chi connectivity index (χ3v) is 5.27. The third-order valence-electron chi connectivity index (χ3n) is 4.30. The van der Waals surface area contributed by atoms with E-state index in [1.807, 2.05) is 19.9 Å². The van der Waals surface area contributed by atoms with E-state index in [-0.39, 0.29) is 5.41 Å². The Labute approximate surface area is 199 Å². The van der Waals surface area contributed by atoms with E-state index >= 15 is 0 Å². The van der Waals surface area contributed by atoms with Crippen molar-refractivity contribution in [3.05, 3.63) is 15.8 Å². The van der Waals surface area contributed by atoms with Crippen LogP contribution in [0.5, 0.6) is 0 Å². The lowest BCUT2D eigenvalue weighted by Crippen LogP contribution is -1.99. The molecule has 1 aromatic rings. The Bertz CT molecular complexity index is 602. The number of hydrogen-bond donors (Lipinski definition) is 1. The van der Waals surface area contributed by atoms with Gasteiger partial charge in [-0.3, -0.25) is 4.79 Å². The van der Waals surface area contributed by atoms with Gasteiger partial charge in [-0.2, -0.15) is 0 Å². The van der Waals surface area contributed by atoms with Crippen LogP contribution in [0.2, 0.25) is 0 Å². The first-order valence-electron chi connectivity index (χ1n) is 11.9. The second-order valence-corrected chi connectivity index (χ2v) is 9.44. The van der Waals surface area contributed by atoms with E-state index in [1.165, 1.54) is 62.7 Å². The van der Waals surface area contributed by atoms with Crippen LogP contribution in [-0.2, 0) is 0 Å². The maximum absolute atomic E-state index is 10.7. The van der Waals surface area contributed by atoms with Gasteiger partial charge in [0.2, 0.25) is 0 Å². The van der Waals surface area contributed by atoms with Gasteiger partial charge in [-0.15, -0.1) is 24.2 Å². The van der Waals surface area contributed by atoms with E-state index in [0.717, 1.165) is 22.8 Å². The van der Waals surface area contributed by atoms with E-state index in [1.54, 1.807) is 7.05 Å². The standard InChI is InChI=1S/C12H15NOS.C7H14.C5H12.C2H6.C2H2/c1-12(2,3)6-5-9-7-10(13-4)11(8-14)15-9;1-7-5-3-2-4-6-7;1-3-5-4-2;2*1-2/h7-8,13H,1-4H3;7H,2-6H2,1H3;3-5H2,1-2H3;1-2H3;1-2H. The van der Waals surface area contributed by atoms with Gasteiger partial charge in [0.15, 0.2) is 6.29 Å². The van der Waals surface area contributed by atoms with E-state index in [0.29, 0.717) is 4.88 Å². The molecule has 1 aromatic heterocycles. The van der Waals surface area contributed by atoms with Gasteiger partial charge in [-0.05, 0) is 32.8 Å². The Morgan fingerprint density at radius 2 is 1.65 bits per heavy atom. The minimum atomic E-state index is -0.00879. The highest BCUT2D eigenvalue weighted by Crippen LogP contribution is 2.25. The quantitative estimate of drug-likeness (QED) is 0.368. The van der Waals surface area contributed by atoms with Crippen LogP contribution in [0.1, 0.15) is 121 Å². The van der Waals surface area contributed by atoms with Gasteiger partial charge in [-0.1, -0.05) is 97.8 Å². The van der Waals surface area contributed by atoms with Crippen LogP contribution < -0.4 is 5.32 Å². The molecule has 0 aliphatic heterocycles. The van der Waals surface area contributed by atoms with Gasteiger partial charge >= 0.3 is 0 Å². The summed E-state index contributed by atoms with van der Waals surface area (Å²) in [4.78, 5) is 12.4. The molecule has 0 bridgehead atoms. The highest BCUT2D eigenvalue weighted by molar-refractivity contribution is 7.14. The van der Waals surface area contributed by atoms with Crippen LogP contribution >= 0.6 is 11.3 Å². The fourth-order valence-electron chi connectivity index (χ4n) is 2.66. The number of rotatable bonds is 4. The molecule has 2 rings (SSSR count). The predicted octanol–water partition coefficient (Wildman–Crippen LogP) is 9.06. The zero-order valence-electron chi connectivity index (χ0n) is 21.9. The van der Waals surface area contributed by atoms with Crippen molar-refractivity contribution < 1.29 is 4.79 Å². The summed E-state index contributed by atoms with van der Waals surface area (Å²) in [5.74, 6) is 7.26. The number of carbonyl (C=O) groups is 1. The van der Waals surface area contributed by atoms with Crippen molar-refractivity contribution in [3.63, 3.8) is 0 Å². The Hall–Kier alpha value is -1.71. The second kappa shape index (κ2) is 23.0. The number of carbonyl (C=O) groups excluding carboxylic acids is 1. The number of aldehydes is 1. The minimum Gasteiger partial charge on any atom is -0.387 e. The number of terminal acetylenes is 1. The molecule has 1 fully saturated rings. The van der Waals surface area contributed by atoms with Gasteiger partial charge < -0.3 is 5.32 Å². The summed E-state index contributed by atoms with van der Waals surface area (Å²) in [6.07, 6.45) is 20.4. The average Bonchev–Trinajstić information content (AvgIpc) is 3.19. The van der Waals surface area contributed by atoms with Crippen LogP contribution in [0.4, 0.5) is 5.69 Å². The monoisotopic (exact) mass is 447 g/mol. The van der Waals surface area contributed by atoms with Crippen molar-refractivity contribution in [2.24, 2.45) is 11.3 Å². The molecule has 0 atom stereocenters. The van der Waals surface area contributed by atoms with Crippen LogP contribution in [-0.4, -0.2) is 13.3 Å². The predicted molar refractivity (Wildman–Crippen MR) is 144 cm³/mol. The first-order chi connectivity index (χ1) is 14.8. The van der Waals surface area contributed by atoms with Crippen molar-refractivity contribution in [3.8, 4) is 24.7 Å². The molecule has 3 heteroatoms. The molecule has 178 valence electrons. The number of nitrogens with one attached hydrogen (secondary N) is 1. The van der Waals surface area contributed by atoms with Crippen LogP contribution in [0.15, 0.2) is 6.07 Å². The smallest absolute Gasteiger partial charge is 0.162 e. The first-order valence-corrected chi connectivity index (χ1v) is 12.7. The molecule has 0 saturated heterocycles. The lowest BCUT2D eigenvalue weighted by Gasteiger charge is -2.15. The molecule has 0 amide bonds. The lowest BCUT2D eigenvalue weighted by atomic mass is 9.91. The molecule has 1 aliphatic rings. The van der Waals surface area contributed by atoms with Crippen LogP contribution in [0.3, 0.4) is 0 Å². The summed E-state index contributed by atoms with van der Waals surface area (Å²) >= 11 is 1.42. The van der Waals surface area contributed by atoms with E-state index in [2.05, 4.69) is 71.5 Å². The normalized spacial score (nSPS) is 12.4. The molecule has 31 heavy (non-hydrogen) atoms. The number of unbranched alkanes of at least 4 members (excludes halogenated alkanes) is 2. The molecular weight excluding hydrogens is 398 g/mol. The fraction of sp³-hybridized carbons (Fsp3) is 0.679. The Kier molecular flexibility index (Phi) is 25.1. The zero-order valence-corrected chi connectivity index (χ0v) is 22.7. The molecule has 1 heterocycles. The lowest BCUT2D eigenvalue weighted by molar-refractivity contribution is 0.112. The highest BCUT2D eigenvalue weighted by Gasteiger charge is 2.07. The van der Waals surface area contributed by atoms with E-state index < -0.39 is 0 Å². The van der Waals surface area contributed by atoms with Crippen molar-refractivity contribution in [2.75, 3.05) is 12.4 Å². The third kappa shape index (κ3) is 21.3. The summed E-state index contributed by atoms with van der Waals surface area (Å²) in [6.45, 7) is 17.0. The Morgan fingerprint density at radius 3 is 1.90 bits per heavy atom. The maximum Gasteiger partial charge on any atom is 0.162 e. The van der Waals surface area contributed by atoms with Crippen molar-refractivity contribution >= 4 is 23.3 Å². The summed E-state index contributed by atoms with van der Waals surface area (Å²) in [5, 5.41) is 2.98. The largest absolute Gasteiger partial charge is 0.387 e. The van der Waals surface area contributed by atoms with E-state index in [4.69, 9.17) is 0 Å². The van der Waals surface area contributed by atoms with Crippen LogP contribution in [0, 0.1) is 36.0 Å². The summed E-state index contributed by atoms with van der Waals surface area (Å²) in [7, 11) is 1.80. The molecule has 0 spiro atoms. The number of thiophene rings is 1. The van der Waals surface area contributed by atoms with Crippen molar-refractivity contribution in [2.45, 2.75) is 107 Å². The van der Waals surface area contributed by atoms with Gasteiger partial charge in [0, 0.05) is 12.5 Å². The van der Waals surface area contributed by atoms with E-state index in [9.17, 15) is 4.79 Å². The first kappa shape index (κ1) is 33.9. The van der Waals surface area contributed by atoms with Gasteiger partial charge in [0.25, 0.3) is 0 Å². The molecule has 1 aliphatic carbocycles. The molecule has 0 radical (unpaired) electrons. The fourth-order valence-corrected chi connectivity index (χ4v) is 3.49. The molecular formula is C28H49NOS. The summed E-state index contributed by atoms with van der Waals surface area (Å²) < 4.78 is 0. The average molecular weight is 448 g/mol. The number of anilines is 1. The summed E-state index contributed by atoms with van der Waals surface area (Å²) in [5.41, 5.74) is 0.846. The van der Waals surface area contributed by atoms with Gasteiger partial charge in [-0.25, -0.2) is 0 Å². The summed E-state index contributed by atoms with van der Waals surface area (Å²) in [6, 6.07) is 1.91. The van der Waals surface area contributed by atoms with Crippen LogP contribution in [0.25, 0.3) is 0 Å².